The van der Waals surface area contributed by atoms with E-state index in [1.807, 2.05) is 34.7 Å². The van der Waals surface area contributed by atoms with Crippen LogP contribution in [0.5, 0.6) is 0 Å². The van der Waals surface area contributed by atoms with Gasteiger partial charge in [0, 0.05) is 13.2 Å². The minimum absolute atomic E-state index is 1.47. The smallest absolute Gasteiger partial charge is 0.0941 e. The highest BCUT2D eigenvalue weighted by Crippen LogP contribution is 1.74. The van der Waals surface area contributed by atoms with Gasteiger partial charge in [0.05, 0.1) is 6.34 Å². The van der Waals surface area contributed by atoms with Gasteiger partial charge in [0.2, 0.25) is 0 Å². The van der Waals surface area contributed by atoms with E-state index in [-0.39, 0.29) is 0 Å². The summed E-state index contributed by atoms with van der Waals surface area (Å²) in [4.78, 5) is 5.47. The second kappa shape index (κ2) is 22.5. The molecule has 0 N–H and O–H groups in total. The standard InChI is InChI=1S/C6H10N2.2C2H6/c1-4-7-6-8(3)5-2;2*1-2/h4-6H,1-2H2,3H3;2*1-2H3. The normalized spacial score (nSPS) is 7.08. The van der Waals surface area contributed by atoms with E-state index in [9.17, 15) is 0 Å². The van der Waals surface area contributed by atoms with E-state index < -0.39 is 0 Å². The molecular weight excluding hydrogens is 148 g/mol. The van der Waals surface area contributed by atoms with E-state index >= 15 is 0 Å². The summed E-state index contributed by atoms with van der Waals surface area (Å²) in [5.74, 6) is 0. The Hall–Kier alpha value is -1.05. The SMILES string of the molecule is C=CN=CN(C)C=C.CC.CC. The van der Waals surface area contributed by atoms with E-state index in [2.05, 4.69) is 18.2 Å². The fourth-order valence-electron chi connectivity index (χ4n) is 0.199. The summed E-state index contributed by atoms with van der Waals surface area (Å²) >= 11 is 0. The van der Waals surface area contributed by atoms with Crippen molar-refractivity contribution in [2.75, 3.05) is 7.05 Å². The summed E-state index contributed by atoms with van der Waals surface area (Å²) in [5, 5.41) is 0. The number of hydrogen-bond donors (Lipinski definition) is 0. The molecule has 0 aliphatic heterocycles. The average molecular weight is 170 g/mol. The first-order valence-corrected chi connectivity index (χ1v) is 4.30. The van der Waals surface area contributed by atoms with Crippen LogP contribution in [0.2, 0.25) is 0 Å². The zero-order chi connectivity index (χ0) is 10.4. The van der Waals surface area contributed by atoms with Gasteiger partial charge in [-0.25, -0.2) is 4.99 Å². The molecule has 0 spiro atoms. The molecular formula is C10H22N2. The Kier molecular flexibility index (Phi) is 32.2. The van der Waals surface area contributed by atoms with Crippen molar-refractivity contribution in [3.63, 3.8) is 0 Å². The Morgan fingerprint density at radius 2 is 1.50 bits per heavy atom. The molecule has 0 aliphatic carbocycles. The summed E-state index contributed by atoms with van der Waals surface area (Å²) in [6.07, 6.45) is 4.76. The molecule has 0 saturated heterocycles. The maximum atomic E-state index is 3.74. The van der Waals surface area contributed by atoms with Crippen LogP contribution < -0.4 is 0 Å². The van der Waals surface area contributed by atoms with Crippen LogP contribution in [0.1, 0.15) is 27.7 Å². The van der Waals surface area contributed by atoms with Crippen LogP contribution in [0.25, 0.3) is 0 Å². The molecule has 0 aromatic heterocycles. The fourth-order valence-corrected chi connectivity index (χ4v) is 0.199. The van der Waals surface area contributed by atoms with Crippen molar-refractivity contribution in [1.82, 2.24) is 4.90 Å². The molecule has 0 fully saturated rings. The number of hydrogen-bond acceptors (Lipinski definition) is 1. The molecule has 12 heavy (non-hydrogen) atoms. The monoisotopic (exact) mass is 170 g/mol. The van der Waals surface area contributed by atoms with Gasteiger partial charge in [-0.1, -0.05) is 40.9 Å². The molecule has 0 heterocycles. The lowest BCUT2D eigenvalue weighted by molar-refractivity contribution is 0.713. The highest BCUT2D eigenvalue weighted by molar-refractivity contribution is 5.56. The first kappa shape index (κ1) is 17.2. The second-order valence-corrected chi connectivity index (χ2v) is 1.30. The Bertz CT molecular complexity index is 106. The van der Waals surface area contributed by atoms with Crippen LogP contribution in [-0.2, 0) is 0 Å². The van der Waals surface area contributed by atoms with Gasteiger partial charge in [-0.15, -0.1) is 0 Å². The van der Waals surface area contributed by atoms with Crippen LogP contribution in [0, 0.1) is 0 Å². The molecule has 2 heteroatoms. The lowest BCUT2D eigenvalue weighted by Gasteiger charge is -2.01. The number of nitrogens with zero attached hydrogens (tertiary/aromatic N) is 2. The molecule has 0 radical (unpaired) electrons. The molecule has 0 amide bonds. The second-order valence-electron chi connectivity index (χ2n) is 1.30. The van der Waals surface area contributed by atoms with Crippen LogP contribution in [0.15, 0.2) is 30.6 Å². The molecule has 0 aliphatic rings. The van der Waals surface area contributed by atoms with Gasteiger partial charge in [-0.2, -0.15) is 0 Å². The third-order valence-electron chi connectivity index (χ3n) is 0.642. The number of aliphatic imine (C=N–C) groups is 1. The highest BCUT2D eigenvalue weighted by Gasteiger charge is 1.73. The molecule has 2 nitrogen and oxygen atoms in total. The summed E-state index contributed by atoms with van der Waals surface area (Å²) in [7, 11) is 1.85. The lowest BCUT2D eigenvalue weighted by Crippen LogP contribution is -2.04. The van der Waals surface area contributed by atoms with Crippen LogP contribution in [0.3, 0.4) is 0 Å². The molecule has 72 valence electrons. The quantitative estimate of drug-likeness (QED) is 0.469. The molecule has 0 rings (SSSR count). The van der Waals surface area contributed by atoms with E-state index in [0.29, 0.717) is 0 Å². The third kappa shape index (κ3) is 23.1. The first-order chi connectivity index (χ1) is 5.81. The predicted molar refractivity (Wildman–Crippen MR) is 59.3 cm³/mol. The van der Waals surface area contributed by atoms with Crippen molar-refractivity contribution in [2.24, 2.45) is 4.99 Å². The fraction of sp³-hybridized carbons (Fsp3) is 0.500. The molecule has 0 unspecified atom stereocenters. The van der Waals surface area contributed by atoms with Gasteiger partial charge in [0.1, 0.15) is 0 Å². The maximum absolute atomic E-state index is 3.74. The third-order valence-corrected chi connectivity index (χ3v) is 0.642. The Morgan fingerprint density at radius 3 is 1.75 bits per heavy atom. The van der Waals surface area contributed by atoms with Crippen molar-refractivity contribution in [3.05, 3.63) is 25.6 Å². The molecule has 0 saturated carbocycles. The van der Waals surface area contributed by atoms with Gasteiger partial charge in [0.15, 0.2) is 0 Å². The van der Waals surface area contributed by atoms with Gasteiger partial charge < -0.3 is 4.90 Å². The summed E-state index contributed by atoms with van der Waals surface area (Å²) in [6, 6.07) is 0. The van der Waals surface area contributed by atoms with Crippen molar-refractivity contribution < 1.29 is 0 Å². The molecule has 0 bridgehead atoms. The highest BCUT2D eigenvalue weighted by atomic mass is 15.1. The van der Waals surface area contributed by atoms with E-state index in [0.717, 1.165) is 0 Å². The van der Waals surface area contributed by atoms with Crippen molar-refractivity contribution in [2.45, 2.75) is 27.7 Å². The average Bonchev–Trinajstić information content (AvgIpc) is 2.20. The van der Waals surface area contributed by atoms with E-state index in [1.54, 1.807) is 17.4 Å². The maximum Gasteiger partial charge on any atom is 0.0941 e. The minimum atomic E-state index is 1.47. The Labute approximate surface area is 77.3 Å². The van der Waals surface area contributed by atoms with Gasteiger partial charge in [-0.3, -0.25) is 0 Å². The molecule has 0 aromatic carbocycles. The topological polar surface area (TPSA) is 15.6 Å². The number of rotatable bonds is 3. The molecule has 0 aromatic rings. The zero-order valence-electron chi connectivity index (χ0n) is 9.04. The first-order valence-electron chi connectivity index (χ1n) is 4.30. The van der Waals surface area contributed by atoms with Gasteiger partial charge in [-0.05, 0) is 6.20 Å². The van der Waals surface area contributed by atoms with Crippen LogP contribution in [0.4, 0.5) is 0 Å². The van der Waals surface area contributed by atoms with Crippen molar-refractivity contribution >= 4 is 6.34 Å². The predicted octanol–water partition coefficient (Wildman–Crippen LogP) is 3.29. The summed E-state index contributed by atoms with van der Waals surface area (Å²) in [6.45, 7) is 14.9. The summed E-state index contributed by atoms with van der Waals surface area (Å²) in [5.41, 5.74) is 0. The van der Waals surface area contributed by atoms with Crippen LogP contribution in [-0.4, -0.2) is 18.3 Å². The summed E-state index contributed by atoms with van der Waals surface area (Å²) < 4.78 is 0. The van der Waals surface area contributed by atoms with Crippen LogP contribution >= 0.6 is 0 Å². The van der Waals surface area contributed by atoms with E-state index in [1.165, 1.54) is 6.20 Å². The van der Waals surface area contributed by atoms with Crippen molar-refractivity contribution in [1.29, 1.82) is 0 Å². The Balaban J connectivity index is -0.000000175. The zero-order valence-corrected chi connectivity index (χ0v) is 9.04. The minimum Gasteiger partial charge on any atom is -0.343 e. The van der Waals surface area contributed by atoms with Crippen molar-refractivity contribution in [3.8, 4) is 0 Å². The lowest BCUT2D eigenvalue weighted by atomic mass is 10.8. The Morgan fingerprint density at radius 1 is 1.08 bits per heavy atom. The van der Waals surface area contributed by atoms with Gasteiger partial charge >= 0.3 is 0 Å². The van der Waals surface area contributed by atoms with Gasteiger partial charge in [0.25, 0.3) is 0 Å². The molecule has 0 atom stereocenters. The largest absolute Gasteiger partial charge is 0.343 e. The van der Waals surface area contributed by atoms with E-state index in [4.69, 9.17) is 0 Å².